The van der Waals surface area contributed by atoms with Crippen molar-refractivity contribution in [3.63, 3.8) is 0 Å². The molecular weight excluding hydrogens is 388 g/mol. The van der Waals surface area contributed by atoms with E-state index in [0.717, 1.165) is 11.3 Å². The Kier molecular flexibility index (Phi) is 5.96. The fourth-order valence-corrected chi connectivity index (χ4v) is 3.88. The van der Waals surface area contributed by atoms with Crippen molar-refractivity contribution in [1.82, 2.24) is 10.9 Å². The number of carbonyl (C=O) groups excluding carboxylic acids is 1. The van der Waals surface area contributed by atoms with Crippen molar-refractivity contribution in [2.45, 2.75) is 38.8 Å². The molecule has 0 spiro atoms. The maximum atomic E-state index is 12.2. The van der Waals surface area contributed by atoms with Gasteiger partial charge in [-0.25, -0.2) is 10.2 Å². The summed E-state index contributed by atoms with van der Waals surface area (Å²) in [5.41, 5.74) is 11.1. The van der Waals surface area contributed by atoms with Crippen molar-refractivity contribution >= 4 is 6.09 Å². The van der Waals surface area contributed by atoms with Crippen LogP contribution in [0.4, 0.5) is 4.79 Å². The normalized spacial score (nSPS) is 12.7. The Morgan fingerprint density at radius 1 is 0.871 bits per heavy atom. The van der Waals surface area contributed by atoms with Gasteiger partial charge in [0.15, 0.2) is 0 Å². The van der Waals surface area contributed by atoms with Crippen molar-refractivity contribution in [1.29, 1.82) is 0 Å². The number of hydrogen-bond donors (Lipinski definition) is 2. The highest BCUT2D eigenvalue weighted by molar-refractivity contribution is 5.79. The van der Waals surface area contributed by atoms with Crippen LogP contribution in [0.25, 0.3) is 11.1 Å². The van der Waals surface area contributed by atoms with Gasteiger partial charge in [0.2, 0.25) is 0 Å². The number of nitrogens with one attached hydrogen (secondary N) is 2. The molecule has 5 heteroatoms. The van der Waals surface area contributed by atoms with Gasteiger partial charge in [0.25, 0.3) is 0 Å². The molecule has 0 heterocycles. The Balaban J connectivity index is 1.28. The highest BCUT2D eigenvalue weighted by Crippen LogP contribution is 2.44. The maximum absolute atomic E-state index is 12.2. The molecule has 0 saturated heterocycles. The quantitative estimate of drug-likeness (QED) is 0.528. The van der Waals surface area contributed by atoms with Gasteiger partial charge in [-0.3, -0.25) is 5.43 Å². The molecule has 5 nitrogen and oxygen atoms in total. The highest BCUT2D eigenvalue weighted by atomic mass is 16.6. The van der Waals surface area contributed by atoms with E-state index in [-0.39, 0.29) is 11.5 Å². The summed E-state index contributed by atoms with van der Waals surface area (Å²) in [4.78, 5) is 12.2. The predicted octanol–water partition coefficient (Wildman–Crippen LogP) is 5.41. The van der Waals surface area contributed by atoms with Gasteiger partial charge in [0.05, 0.1) is 0 Å². The number of hydrazine groups is 1. The molecular formula is C26H28N2O3. The van der Waals surface area contributed by atoms with E-state index in [4.69, 9.17) is 9.47 Å². The van der Waals surface area contributed by atoms with Gasteiger partial charge in [0.1, 0.15) is 18.0 Å². The zero-order valence-corrected chi connectivity index (χ0v) is 18.1. The molecule has 4 rings (SSSR count). The summed E-state index contributed by atoms with van der Waals surface area (Å²) in [5.74, 6) is 0.870. The molecule has 1 amide bonds. The van der Waals surface area contributed by atoms with Gasteiger partial charge in [-0.2, -0.15) is 0 Å². The van der Waals surface area contributed by atoms with Crippen LogP contribution in [-0.4, -0.2) is 18.3 Å². The number of ether oxygens (including phenoxy) is 2. The summed E-state index contributed by atoms with van der Waals surface area (Å²) in [5, 5.41) is 0. The molecule has 3 aromatic carbocycles. The van der Waals surface area contributed by atoms with E-state index in [1.165, 1.54) is 22.3 Å². The first-order chi connectivity index (χ1) is 14.9. The average Bonchev–Trinajstić information content (AvgIpc) is 3.06. The Labute approximate surface area is 183 Å². The number of amides is 1. The SMILES string of the molecule is CC(C)(C)Oc1ccc(CNNC(=O)OCC2c3ccccc3-c3ccccc32)cc1. The number of benzene rings is 3. The van der Waals surface area contributed by atoms with Crippen LogP contribution in [0.5, 0.6) is 5.75 Å². The first kappa shape index (κ1) is 20.9. The first-order valence-corrected chi connectivity index (χ1v) is 10.5. The summed E-state index contributed by atoms with van der Waals surface area (Å²) < 4.78 is 11.3. The fourth-order valence-electron chi connectivity index (χ4n) is 3.88. The largest absolute Gasteiger partial charge is 0.488 e. The van der Waals surface area contributed by atoms with Crippen molar-refractivity contribution in [3.8, 4) is 16.9 Å². The van der Waals surface area contributed by atoms with E-state index >= 15 is 0 Å². The van der Waals surface area contributed by atoms with Crippen molar-refractivity contribution in [2.24, 2.45) is 0 Å². The van der Waals surface area contributed by atoms with E-state index in [2.05, 4.69) is 35.1 Å². The van der Waals surface area contributed by atoms with Gasteiger partial charge in [-0.15, -0.1) is 0 Å². The molecule has 1 aliphatic carbocycles. The maximum Gasteiger partial charge on any atom is 0.421 e. The van der Waals surface area contributed by atoms with Crippen LogP contribution in [0.1, 0.15) is 43.4 Å². The number of carbonyl (C=O) groups is 1. The van der Waals surface area contributed by atoms with Crippen LogP contribution in [-0.2, 0) is 11.3 Å². The predicted molar refractivity (Wildman–Crippen MR) is 122 cm³/mol. The molecule has 0 aromatic heterocycles. The molecule has 0 atom stereocenters. The lowest BCUT2D eigenvalue weighted by Crippen LogP contribution is -2.37. The molecule has 0 unspecified atom stereocenters. The van der Waals surface area contributed by atoms with Crippen LogP contribution in [0, 0.1) is 0 Å². The second-order valence-electron chi connectivity index (χ2n) is 8.66. The van der Waals surface area contributed by atoms with Crippen molar-refractivity contribution < 1.29 is 14.3 Å². The number of fused-ring (bicyclic) bond motifs is 3. The second kappa shape index (κ2) is 8.82. The minimum atomic E-state index is -0.491. The molecule has 160 valence electrons. The van der Waals surface area contributed by atoms with Crippen LogP contribution in [0.3, 0.4) is 0 Å². The van der Waals surface area contributed by atoms with E-state index in [9.17, 15) is 4.79 Å². The Bertz CT molecular complexity index is 1010. The molecule has 0 saturated carbocycles. The molecule has 3 aromatic rings. The number of rotatable bonds is 6. The van der Waals surface area contributed by atoms with E-state index < -0.39 is 6.09 Å². The molecule has 1 aliphatic rings. The Morgan fingerprint density at radius 2 is 1.45 bits per heavy atom. The van der Waals surface area contributed by atoms with E-state index in [1.807, 2.05) is 69.3 Å². The number of hydrogen-bond acceptors (Lipinski definition) is 4. The molecule has 0 radical (unpaired) electrons. The standard InChI is InChI=1S/C26H28N2O3/c1-26(2,3)31-19-14-12-18(13-15-19)16-27-28-25(29)30-17-24-22-10-6-4-8-20(22)21-9-5-7-11-23(21)24/h4-15,24,27H,16-17H2,1-3H3,(H,28,29). The van der Waals surface area contributed by atoms with Gasteiger partial charge < -0.3 is 9.47 Å². The fraction of sp³-hybridized carbons (Fsp3) is 0.269. The molecule has 0 fully saturated rings. The summed E-state index contributed by atoms with van der Waals surface area (Å²) in [6.45, 7) is 6.82. The zero-order chi connectivity index (χ0) is 21.8. The Morgan fingerprint density at radius 3 is 2.03 bits per heavy atom. The summed E-state index contributed by atoms with van der Waals surface area (Å²) in [6, 6.07) is 24.4. The lowest BCUT2D eigenvalue weighted by Gasteiger charge is -2.21. The van der Waals surface area contributed by atoms with Gasteiger partial charge in [-0.05, 0) is 60.7 Å². The first-order valence-electron chi connectivity index (χ1n) is 10.5. The highest BCUT2D eigenvalue weighted by Gasteiger charge is 2.28. The molecule has 2 N–H and O–H groups in total. The van der Waals surface area contributed by atoms with Crippen LogP contribution >= 0.6 is 0 Å². The summed E-state index contributed by atoms with van der Waals surface area (Å²) in [6.07, 6.45) is -0.491. The van der Waals surface area contributed by atoms with Crippen molar-refractivity contribution in [3.05, 3.63) is 89.5 Å². The third-order valence-corrected chi connectivity index (χ3v) is 5.17. The Hall–Kier alpha value is -3.31. The van der Waals surface area contributed by atoms with E-state index in [0.29, 0.717) is 13.2 Å². The molecule has 31 heavy (non-hydrogen) atoms. The smallest absolute Gasteiger partial charge is 0.421 e. The zero-order valence-electron chi connectivity index (χ0n) is 18.1. The van der Waals surface area contributed by atoms with Gasteiger partial charge in [-0.1, -0.05) is 60.7 Å². The average molecular weight is 417 g/mol. The minimum Gasteiger partial charge on any atom is -0.488 e. The minimum absolute atomic E-state index is 0.0495. The van der Waals surface area contributed by atoms with Gasteiger partial charge in [0, 0.05) is 12.5 Å². The van der Waals surface area contributed by atoms with Crippen LogP contribution in [0.2, 0.25) is 0 Å². The van der Waals surface area contributed by atoms with Gasteiger partial charge >= 0.3 is 6.09 Å². The molecule has 0 bridgehead atoms. The topological polar surface area (TPSA) is 59.6 Å². The van der Waals surface area contributed by atoms with Crippen molar-refractivity contribution in [2.75, 3.05) is 6.61 Å². The van der Waals surface area contributed by atoms with Crippen LogP contribution < -0.4 is 15.6 Å². The monoisotopic (exact) mass is 416 g/mol. The molecule has 0 aliphatic heterocycles. The summed E-state index contributed by atoms with van der Waals surface area (Å²) in [7, 11) is 0. The third kappa shape index (κ3) is 5.06. The lowest BCUT2D eigenvalue weighted by atomic mass is 9.98. The summed E-state index contributed by atoms with van der Waals surface area (Å²) >= 11 is 0. The van der Waals surface area contributed by atoms with Crippen LogP contribution in [0.15, 0.2) is 72.8 Å². The lowest BCUT2D eigenvalue weighted by molar-refractivity contribution is 0.130. The second-order valence-corrected chi connectivity index (χ2v) is 8.66. The third-order valence-electron chi connectivity index (χ3n) is 5.17. The van der Waals surface area contributed by atoms with E-state index in [1.54, 1.807) is 0 Å².